The molecule has 2 aliphatic rings. The Balaban J connectivity index is 1.53. The molecule has 0 bridgehead atoms. The van der Waals surface area contributed by atoms with Gasteiger partial charge in [-0.25, -0.2) is 4.79 Å². The molecule has 1 atom stereocenters. The molecule has 140 valence electrons. The van der Waals surface area contributed by atoms with E-state index in [0.717, 1.165) is 0 Å². The molecule has 28 heavy (non-hydrogen) atoms. The highest BCUT2D eigenvalue weighted by molar-refractivity contribution is 6.06. The summed E-state index contributed by atoms with van der Waals surface area (Å²) in [7, 11) is 0. The van der Waals surface area contributed by atoms with Crippen molar-refractivity contribution >= 4 is 28.5 Å². The number of para-hydroxylation sites is 1. The molecule has 1 saturated heterocycles. The van der Waals surface area contributed by atoms with Gasteiger partial charge in [0.2, 0.25) is 5.91 Å². The van der Waals surface area contributed by atoms with Gasteiger partial charge in [-0.2, -0.15) is 0 Å². The summed E-state index contributed by atoms with van der Waals surface area (Å²) in [5.74, 6) is -0.569. The third kappa shape index (κ3) is 2.36. The van der Waals surface area contributed by atoms with Crippen LogP contribution in [0.4, 0.5) is 5.69 Å². The van der Waals surface area contributed by atoms with Gasteiger partial charge in [0, 0.05) is 24.7 Å². The molecule has 0 radical (unpaired) electrons. The second kappa shape index (κ2) is 6.02. The second-order valence-corrected chi connectivity index (χ2v) is 7.25. The summed E-state index contributed by atoms with van der Waals surface area (Å²) >= 11 is 0. The lowest BCUT2D eigenvalue weighted by Crippen LogP contribution is -2.52. The molecule has 2 aromatic heterocycles. The fourth-order valence-electron chi connectivity index (χ4n) is 4.23. The minimum atomic E-state index is -0.873. The van der Waals surface area contributed by atoms with Crippen LogP contribution in [0.25, 0.3) is 11.0 Å². The number of amides is 2. The summed E-state index contributed by atoms with van der Waals surface area (Å²) in [6.07, 6.45) is 2.91. The number of likely N-dealkylation sites (tertiary alicyclic amines) is 1. The number of hydrogen-bond donors (Lipinski definition) is 1. The number of hydrogen-bond acceptors (Lipinski definition) is 5. The van der Waals surface area contributed by atoms with Crippen LogP contribution in [0.3, 0.4) is 0 Å². The molecule has 7 heteroatoms. The molecule has 4 heterocycles. The van der Waals surface area contributed by atoms with Gasteiger partial charge in [0.05, 0.1) is 11.4 Å². The Morgan fingerprint density at radius 1 is 1.18 bits per heavy atom. The molecule has 0 aliphatic carbocycles. The highest BCUT2D eigenvalue weighted by Gasteiger charge is 2.51. The average molecular weight is 375 g/mol. The summed E-state index contributed by atoms with van der Waals surface area (Å²) in [5.41, 5.74) is 0.234. The molecule has 1 unspecified atom stereocenters. The lowest BCUT2D eigenvalue weighted by atomic mass is 9.77. The van der Waals surface area contributed by atoms with Crippen LogP contribution in [0.1, 0.15) is 28.9 Å². The van der Waals surface area contributed by atoms with E-state index in [2.05, 4.69) is 10.3 Å². The maximum Gasteiger partial charge on any atom is 0.349 e. The Kier molecular flexibility index (Phi) is 3.58. The fourth-order valence-corrected chi connectivity index (χ4v) is 4.23. The Morgan fingerprint density at radius 2 is 2.04 bits per heavy atom. The number of nitrogens with one attached hydrogen (secondary N) is 1. The van der Waals surface area contributed by atoms with Crippen LogP contribution >= 0.6 is 0 Å². The van der Waals surface area contributed by atoms with Crippen LogP contribution in [-0.2, 0) is 10.2 Å². The monoisotopic (exact) mass is 375 g/mol. The number of carbonyl (C=O) groups excluding carboxylic acids is 2. The Labute approximate surface area is 160 Å². The van der Waals surface area contributed by atoms with E-state index in [1.54, 1.807) is 41.4 Å². The van der Waals surface area contributed by atoms with Crippen LogP contribution in [0, 0.1) is 0 Å². The zero-order chi connectivity index (χ0) is 19.3. The number of pyridine rings is 1. The van der Waals surface area contributed by atoms with Gasteiger partial charge in [-0.15, -0.1) is 0 Å². The topological polar surface area (TPSA) is 92.5 Å². The minimum absolute atomic E-state index is 0.0181. The first-order valence-electron chi connectivity index (χ1n) is 9.18. The zero-order valence-electron chi connectivity index (χ0n) is 15.0. The molecule has 1 aromatic carbocycles. The van der Waals surface area contributed by atoms with Gasteiger partial charge < -0.3 is 14.6 Å². The average Bonchev–Trinajstić information content (AvgIpc) is 2.98. The van der Waals surface area contributed by atoms with Crippen LogP contribution in [-0.4, -0.2) is 34.8 Å². The van der Waals surface area contributed by atoms with Gasteiger partial charge in [0.15, 0.2) is 0 Å². The van der Waals surface area contributed by atoms with E-state index in [9.17, 15) is 14.4 Å². The van der Waals surface area contributed by atoms with Crippen molar-refractivity contribution in [3.05, 3.63) is 70.3 Å². The highest BCUT2D eigenvalue weighted by atomic mass is 16.4. The Hall–Kier alpha value is -3.48. The van der Waals surface area contributed by atoms with Crippen molar-refractivity contribution in [2.75, 3.05) is 18.4 Å². The normalized spacial score (nSPS) is 21.0. The van der Waals surface area contributed by atoms with Crippen molar-refractivity contribution in [2.24, 2.45) is 0 Å². The van der Waals surface area contributed by atoms with Crippen LogP contribution in [0.5, 0.6) is 0 Å². The number of carbonyl (C=O) groups is 2. The van der Waals surface area contributed by atoms with Crippen molar-refractivity contribution in [1.82, 2.24) is 9.88 Å². The number of benzene rings is 1. The Morgan fingerprint density at radius 3 is 2.93 bits per heavy atom. The smallest absolute Gasteiger partial charge is 0.349 e. The number of rotatable bonds is 1. The summed E-state index contributed by atoms with van der Waals surface area (Å²) in [6, 6.07) is 12.2. The van der Waals surface area contributed by atoms with Gasteiger partial charge in [0.1, 0.15) is 16.6 Å². The third-order valence-corrected chi connectivity index (χ3v) is 5.60. The largest absolute Gasteiger partial charge is 0.422 e. The van der Waals surface area contributed by atoms with Gasteiger partial charge in [-0.3, -0.25) is 14.6 Å². The molecular weight excluding hydrogens is 358 g/mol. The number of anilines is 1. The number of aromatic nitrogens is 1. The molecule has 5 rings (SSSR count). The number of piperidine rings is 1. The maximum atomic E-state index is 13.1. The van der Waals surface area contributed by atoms with Crippen molar-refractivity contribution < 1.29 is 14.0 Å². The summed E-state index contributed by atoms with van der Waals surface area (Å²) in [6.45, 7) is 0.663. The van der Waals surface area contributed by atoms with E-state index in [-0.39, 0.29) is 18.0 Å². The van der Waals surface area contributed by atoms with Crippen LogP contribution in [0.2, 0.25) is 0 Å². The molecule has 0 saturated carbocycles. The lowest BCUT2D eigenvalue weighted by molar-refractivity contribution is -0.122. The lowest BCUT2D eigenvalue weighted by Gasteiger charge is -2.38. The maximum absolute atomic E-state index is 13.1. The first-order chi connectivity index (χ1) is 13.6. The van der Waals surface area contributed by atoms with Gasteiger partial charge in [-0.1, -0.05) is 18.2 Å². The summed E-state index contributed by atoms with van der Waals surface area (Å²) in [5, 5.41) is 3.56. The fraction of sp³-hybridized carbons (Fsp3) is 0.238. The van der Waals surface area contributed by atoms with E-state index in [0.29, 0.717) is 41.7 Å². The van der Waals surface area contributed by atoms with Crippen LogP contribution < -0.4 is 10.9 Å². The number of nitrogens with zero attached hydrogens (tertiary/aromatic N) is 2. The van der Waals surface area contributed by atoms with Gasteiger partial charge in [-0.05, 0) is 37.1 Å². The number of fused-ring (bicyclic) bond motifs is 3. The molecular formula is C21H17N3O4. The van der Waals surface area contributed by atoms with Gasteiger partial charge in [0.25, 0.3) is 5.91 Å². The molecule has 7 nitrogen and oxygen atoms in total. The zero-order valence-corrected chi connectivity index (χ0v) is 15.0. The second-order valence-electron chi connectivity index (χ2n) is 7.25. The van der Waals surface area contributed by atoms with E-state index >= 15 is 0 Å². The third-order valence-electron chi connectivity index (χ3n) is 5.60. The van der Waals surface area contributed by atoms with Gasteiger partial charge >= 0.3 is 5.63 Å². The summed E-state index contributed by atoms with van der Waals surface area (Å²) in [4.78, 5) is 44.3. The van der Waals surface area contributed by atoms with E-state index in [1.807, 2.05) is 12.1 Å². The molecule has 1 spiro atoms. The molecule has 3 aromatic rings. The van der Waals surface area contributed by atoms with E-state index < -0.39 is 16.9 Å². The van der Waals surface area contributed by atoms with Crippen molar-refractivity contribution in [1.29, 1.82) is 0 Å². The molecule has 2 amide bonds. The van der Waals surface area contributed by atoms with Crippen LogP contribution in [0.15, 0.2) is 57.9 Å². The predicted octanol–water partition coefficient (Wildman–Crippen LogP) is 2.31. The highest BCUT2D eigenvalue weighted by Crippen LogP contribution is 2.42. The quantitative estimate of drug-likeness (QED) is 0.659. The molecule has 1 N–H and O–H groups in total. The predicted molar refractivity (Wildman–Crippen MR) is 102 cm³/mol. The first-order valence-corrected chi connectivity index (χ1v) is 9.18. The Bertz CT molecular complexity index is 1190. The van der Waals surface area contributed by atoms with Crippen molar-refractivity contribution in [2.45, 2.75) is 18.3 Å². The first kappa shape index (κ1) is 16.7. The van der Waals surface area contributed by atoms with Crippen molar-refractivity contribution in [3.63, 3.8) is 0 Å². The SMILES string of the molecule is O=C(c1cc2ccccc2oc1=O)N1CCCC2(C1)C(=O)Nc1cccnc12. The standard InChI is InChI=1S/C21H17N3O4/c25-18(14-11-13-5-1-2-7-16(13)28-19(14)26)24-10-4-8-21(12-24)17-15(23-20(21)27)6-3-9-22-17/h1-3,5-7,9,11H,4,8,10,12H2,(H,23,27). The van der Waals surface area contributed by atoms with E-state index in [1.165, 1.54) is 0 Å². The van der Waals surface area contributed by atoms with E-state index in [4.69, 9.17) is 4.42 Å². The minimum Gasteiger partial charge on any atom is -0.422 e. The summed E-state index contributed by atoms with van der Waals surface area (Å²) < 4.78 is 5.30. The molecule has 2 aliphatic heterocycles. The molecule has 1 fully saturated rings. The van der Waals surface area contributed by atoms with Crippen molar-refractivity contribution in [3.8, 4) is 0 Å².